The summed E-state index contributed by atoms with van der Waals surface area (Å²) in [6.45, 7) is 1.17. The molecule has 3 atom stereocenters. The average Bonchev–Trinajstić information content (AvgIpc) is 3.42. The van der Waals surface area contributed by atoms with Gasteiger partial charge in [-0.1, -0.05) is 0 Å². The number of nitrogens with zero attached hydrogens (tertiary/aromatic N) is 3. The molecule has 0 radical (unpaired) electrons. The number of aliphatic hydroxyl groups is 2. The van der Waals surface area contributed by atoms with Crippen molar-refractivity contribution in [1.29, 1.82) is 5.26 Å². The van der Waals surface area contributed by atoms with E-state index in [-0.39, 0.29) is 61.1 Å². The number of ether oxygens (including phenoxy) is 1. The fourth-order valence-corrected chi connectivity index (χ4v) is 4.59. The molecule has 0 unspecified atom stereocenters. The van der Waals surface area contributed by atoms with Gasteiger partial charge in [-0.15, -0.1) is 5.06 Å². The van der Waals surface area contributed by atoms with Crippen LogP contribution in [0.1, 0.15) is 53.6 Å². The zero-order chi connectivity index (χ0) is 28.3. The van der Waals surface area contributed by atoms with Gasteiger partial charge in [0, 0.05) is 43.1 Å². The molecule has 3 amide bonds. The van der Waals surface area contributed by atoms with E-state index in [4.69, 9.17) is 9.57 Å². The molecule has 1 aromatic carbocycles. The summed E-state index contributed by atoms with van der Waals surface area (Å²) in [4.78, 5) is 68.2. The third-order valence-electron chi connectivity index (χ3n) is 6.65. The van der Waals surface area contributed by atoms with Crippen molar-refractivity contribution in [3.8, 4) is 11.8 Å². The average molecular weight is 542 g/mol. The van der Waals surface area contributed by atoms with Crippen LogP contribution in [0, 0.1) is 18.3 Å². The molecule has 2 aliphatic rings. The SMILES string of the molecule is Cc1cn([C@@]2(CCCNC(=O)c3ccc(ON4C(=O)CCC4=O)c(C#N)c3)C[C@H](O)[C@@H](CO)O2)c(=O)[nH]c1=O. The van der Waals surface area contributed by atoms with Crippen LogP contribution in [-0.2, 0) is 20.1 Å². The molecule has 206 valence electrons. The Bertz CT molecular complexity index is 1440. The summed E-state index contributed by atoms with van der Waals surface area (Å²) >= 11 is 0. The molecule has 4 N–H and O–H groups in total. The molecule has 2 saturated heterocycles. The molecule has 0 bridgehead atoms. The fraction of sp³-hybridized carbons (Fsp3) is 0.440. The van der Waals surface area contributed by atoms with Crippen LogP contribution >= 0.6 is 0 Å². The molecule has 14 nitrogen and oxygen atoms in total. The van der Waals surface area contributed by atoms with Gasteiger partial charge in [0.2, 0.25) is 0 Å². The Hall–Kier alpha value is -4.32. The highest BCUT2D eigenvalue weighted by molar-refractivity contribution is 6.01. The summed E-state index contributed by atoms with van der Waals surface area (Å²) in [5.41, 5.74) is -2.31. The first-order valence-corrected chi connectivity index (χ1v) is 12.2. The molecule has 3 heterocycles. The predicted octanol–water partition coefficient (Wildman–Crippen LogP) is -0.835. The van der Waals surface area contributed by atoms with Gasteiger partial charge in [0.1, 0.15) is 12.2 Å². The number of carbonyl (C=O) groups excluding carboxylic acids is 3. The Labute approximate surface area is 221 Å². The highest BCUT2D eigenvalue weighted by Gasteiger charge is 2.47. The van der Waals surface area contributed by atoms with Crippen LogP contribution in [0.2, 0.25) is 0 Å². The lowest BCUT2D eigenvalue weighted by Crippen LogP contribution is -2.45. The molecular formula is C25H27N5O9. The van der Waals surface area contributed by atoms with Crippen LogP contribution in [0.15, 0.2) is 34.0 Å². The monoisotopic (exact) mass is 541 g/mol. The number of nitriles is 1. The number of hydrogen-bond acceptors (Lipinski definition) is 10. The van der Waals surface area contributed by atoms with E-state index in [1.807, 2.05) is 6.07 Å². The quantitative estimate of drug-likeness (QED) is 0.229. The Balaban J connectivity index is 1.43. The van der Waals surface area contributed by atoms with E-state index in [0.29, 0.717) is 5.06 Å². The van der Waals surface area contributed by atoms with Crippen molar-refractivity contribution >= 4 is 17.7 Å². The predicted molar refractivity (Wildman–Crippen MR) is 131 cm³/mol. The number of aliphatic hydroxyl groups excluding tert-OH is 2. The number of aryl methyl sites for hydroxylation is 1. The van der Waals surface area contributed by atoms with Crippen molar-refractivity contribution in [1.82, 2.24) is 19.9 Å². The van der Waals surface area contributed by atoms with Crippen LogP contribution in [-0.4, -0.2) is 67.9 Å². The highest BCUT2D eigenvalue weighted by atomic mass is 16.7. The van der Waals surface area contributed by atoms with Crippen LogP contribution < -0.4 is 21.4 Å². The van der Waals surface area contributed by atoms with Crippen molar-refractivity contribution in [2.75, 3.05) is 13.2 Å². The fourth-order valence-electron chi connectivity index (χ4n) is 4.59. The second-order valence-electron chi connectivity index (χ2n) is 9.35. The van der Waals surface area contributed by atoms with Gasteiger partial charge in [0.25, 0.3) is 23.3 Å². The second kappa shape index (κ2) is 11.2. The molecule has 2 aromatic rings. The standard InChI is InChI=1S/C25H27N5O9/c1-14-12-29(24(37)28-22(14)35)25(10-17(32)19(13-31)38-25)7-2-8-27-23(36)15-3-4-18(16(9-15)11-26)39-30-20(33)5-6-21(30)34/h3-4,9,12,17,19,31-32H,2,5-8,10,13H2,1H3,(H,27,36)(H,28,35,37)/t17-,19+,25+/m0/s1. The van der Waals surface area contributed by atoms with Gasteiger partial charge in [0.05, 0.1) is 18.3 Å². The smallest absolute Gasteiger partial charge is 0.330 e. The van der Waals surface area contributed by atoms with E-state index < -0.39 is 53.5 Å². The number of aromatic nitrogens is 2. The molecule has 1 aromatic heterocycles. The number of nitrogens with one attached hydrogen (secondary N) is 2. The molecule has 2 fully saturated rings. The number of amides is 3. The number of hydrogen-bond donors (Lipinski definition) is 4. The molecular weight excluding hydrogens is 514 g/mol. The van der Waals surface area contributed by atoms with Gasteiger partial charge < -0.3 is 25.1 Å². The van der Waals surface area contributed by atoms with Crippen molar-refractivity contribution in [3.63, 3.8) is 0 Å². The largest absolute Gasteiger partial charge is 0.394 e. The lowest BCUT2D eigenvalue weighted by atomic mass is 10.0. The lowest BCUT2D eigenvalue weighted by molar-refractivity contribution is -0.164. The van der Waals surface area contributed by atoms with Crippen molar-refractivity contribution in [2.45, 2.75) is 57.0 Å². The topological polar surface area (TPSA) is 204 Å². The summed E-state index contributed by atoms with van der Waals surface area (Å²) in [6, 6.07) is 5.84. The number of imide groups is 1. The molecule has 0 saturated carbocycles. The van der Waals surface area contributed by atoms with Crippen molar-refractivity contribution in [3.05, 3.63) is 61.9 Å². The molecule has 39 heavy (non-hydrogen) atoms. The first-order chi connectivity index (χ1) is 18.6. The van der Waals surface area contributed by atoms with E-state index >= 15 is 0 Å². The maximum absolute atomic E-state index is 12.7. The minimum Gasteiger partial charge on any atom is -0.394 e. The van der Waals surface area contributed by atoms with Gasteiger partial charge in [-0.25, -0.2) is 4.79 Å². The summed E-state index contributed by atoms with van der Waals surface area (Å²) in [7, 11) is 0. The van der Waals surface area contributed by atoms with E-state index in [0.717, 1.165) is 0 Å². The zero-order valence-corrected chi connectivity index (χ0v) is 21.0. The normalized spacial score (nSPS) is 22.7. The van der Waals surface area contributed by atoms with Gasteiger partial charge in [-0.3, -0.25) is 28.7 Å². The number of carbonyl (C=O) groups is 3. The van der Waals surface area contributed by atoms with Gasteiger partial charge in [-0.2, -0.15) is 5.26 Å². The molecule has 0 spiro atoms. The summed E-state index contributed by atoms with van der Waals surface area (Å²) in [5, 5.41) is 32.7. The van der Waals surface area contributed by atoms with Crippen molar-refractivity contribution in [2.24, 2.45) is 0 Å². The summed E-state index contributed by atoms with van der Waals surface area (Å²) < 4.78 is 7.10. The van der Waals surface area contributed by atoms with E-state index in [9.17, 15) is 39.4 Å². The third-order valence-corrected chi connectivity index (χ3v) is 6.65. The Morgan fingerprint density at radius 3 is 2.64 bits per heavy atom. The minimum absolute atomic E-state index is 0.0175. The second-order valence-corrected chi connectivity index (χ2v) is 9.35. The van der Waals surface area contributed by atoms with Gasteiger partial charge in [0.15, 0.2) is 11.5 Å². The molecule has 14 heteroatoms. The van der Waals surface area contributed by atoms with Gasteiger partial charge in [-0.05, 0) is 38.0 Å². The Morgan fingerprint density at radius 1 is 1.28 bits per heavy atom. The zero-order valence-electron chi connectivity index (χ0n) is 21.0. The van der Waals surface area contributed by atoms with Crippen LogP contribution in [0.3, 0.4) is 0 Å². The van der Waals surface area contributed by atoms with Crippen LogP contribution in [0.5, 0.6) is 5.75 Å². The van der Waals surface area contributed by atoms with E-state index in [1.165, 1.54) is 35.9 Å². The summed E-state index contributed by atoms with van der Waals surface area (Å²) in [6.07, 6.45) is -0.204. The number of aromatic amines is 1. The maximum Gasteiger partial charge on any atom is 0.330 e. The van der Waals surface area contributed by atoms with Crippen molar-refractivity contribution < 1.29 is 34.2 Å². The highest BCUT2D eigenvalue weighted by Crippen LogP contribution is 2.38. The first kappa shape index (κ1) is 27.7. The van der Waals surface area contributed by atoms with Crippen LogP contribution in [0.4, 0.5) is 0 Å². The number of rotatable bonds is 9. The first-order valence-electron chi connectivity index (χ1n) is 12.2. The Morgan fingerprint density at radius 2 is 2.00 bits per heavy atom. The summed E-state index contributed by atoms with van der Waals surface area (Å²) in [5.74, 6) is -1.60. The lowest BCUT2D eigenvalue weighted by Gasteiger charge is -2.31. The number of H-pyrrole nitrogens is 1. The Kier molecular flexibility index (Phi) is 7.95. The number of benzene rings is 1. The minimum atomic E-state index is -1.36. The molecule has 4 rings (SSSR count). The van der Waals surface area contributed by atoms with Crippen LogP contribution in [0.25, 0.3) is 0 Å². The van der Waals surface area contributed by atoms with Gasteiger partial charge >= 0.3 is 5.69 Å². The molecule has 2 aliphatic heterocycles. The molecule has 0 aliphatic carbocycles. The number of hydroxylamine groups is 2. The maximum atomic E-state index is 12.7. The van der Waals surface area contributed by atoms with E-state index in [1.54, 1.807) is 0 Å². The van der Waals surface area contributed by atoms with E-state index in [2.05, 4.69) is 10.3 Å². The third kappa shape index (κ3) is 5.60.